The summed E-state index contributed by atoms with van der Waals surface area (Å²) in [5.41, 5.74) is 9.18. The number of nitrogen functional groups attached to an aromatic ring is 1. The lowest BCUT2D eigenvalue weighted by atomic mass is 10.0. The maximum Gasteiger partial charge on any atom is 0.262 e. The molecule has 1 unspecified atom stereocenters. The van der Waals surface area contributed by atoms with E-state index in [2.05, 4.69) is 15.3 Å². The predicted octanol–water partition coefficient (Wildman–Crippen LogP) is 4.05. The second-order valence-electron chi connectivity index (χ2n) is 12.6. The van der Waals surface area contributed by atoms with Crippen LogP contribution in [0.3, 0.4) is 0 Å². The molecule has 2 saturated heterocycles. The van der Waals surface area contributed by atoms with E-state index in [1.54, 1.807) is 22.9 Å². The van der Waals surface area contributed by atoms with Crippen molar-refractivity contribution in [3.05, 3.63) is 95.8 Å². The van der Waals surface area contributed by atoms with Gasteiger partial charge in [-0.2, -0.15) is 5.10 Å². The second-order valence-corrected chi connectivity index (χ2v) is 12.6. The predicted molar refractivity (Wildman–Crippen MR) is 179 cm³/mol. The largest absolute Gasteiger partial charge is 0.457 e. The van der Waals surface area contributed by atoms with Gasteiger partial charge < -0.3 is 10.5 Å². The summed E-state index contributed by atoms with van der Waals surface area (Å²) >= 11 is 0. The number of likely N-dealkylation sites (tertiary alicyclic amines) is 1. The topological polar surface area (TPSA) is 166 Å². The molecule has 14 heteroatoms. The lowest BCUT2D eigenvalue weighted by Gasteiger charge is -2.34. The molecule has 3 N–H and O–H groups in total. The molecule has 2 aromatic heterocycles. The normalized spacial score (nSPS) is 21.1. The maximum atomic E-state index is 16.1. The molecular formula is C36H31FN8O5. The van der Waals surface area contributed by atoms with Crippen molar-refractivity contribution in [2.24, 2.45) is 0 Å². The van der Waals surface area contributed by atoms with E-state index in [9.17, 15) is 19.2 Å². The Balaban J connectivity index is 0.985. The van der Waals surface area contributed by atoms with Crippen LogP contribution in [0.2, 0.25) is 0 Å². The number of hydrogen-bond acceptors (Lipinski definition) is 10. The summed E-state index contributed by atoms with van der Waals surface area (Å²) in [5, 5.41) is 7.59. The van der Waals surface area contributed by atoms with Crippen LogP contribution in [0.25, 0.3) is 22.3 Å². The Morgan fingerprint density at radius 2 is 1.66 bits per heavy atom. The summed E-state index contributed by atoms with van der Waals surface area (Å²) < 4.78 is 23.6. The fraction of sp³-hybridized carbons (Fsp3) is 0.250. The molecule has 0 bridgehead atoms. The Labute approximate surface area is 284 Å². The van der Waals surface area contributed by atoms with E-state index in [-0.39, 0.29) is 36.3 Å². The van der Waals surface area contributed by atoms with Crippen molar-refractivity contribution in [3.8, 4) is 22.8 Å². The second kappa shape index (κ2) is 12.5. The first-order chi connectivity index (χ1) is 24.2. The van der Waals surface area contributed by atoms with Crippen molar-refractivity contribution in [2.45, 2.75) is 44.1 Å². The van der Waals surface area contributed by atoms with Gasteiger partial charge in [0.2, 0.25) is 11.8 Å². The fourth-order valence-corrected chi connectivity index (χ4v) is 6.98. The first kappa shape index (κ1) is 31.3. The zero-order valence-electron chi connectivity index (χ0n) is 26.7. The van der Waals surface area contributed by atoms with Gasteiger partial charge in [-0.25, -0.2) is 19.0 Å². The highest BCUT2D eigenvalue weighted by molar-refractivity contribution is 6.23. The molecule has 50 heavy (non-hydrogen) atoms. The van der Waals surface area contributed by atoms with Gasteiger partial charge in [-0.15, -0.1) is 0 Å². The number of hydrogen-bond donors (Lipinski definition) is 2. The summed E-state index contributed by atoms with van der Waals surface area (Å²) in [5.74, 6) is -0.635. The Bertz CT molecular complexity index is 2170. The Hall–Kier alpha value is -6.02. The third kappa shape index (κ3) is 5.52. The average Bonchev–Trinajstić information content (AvgIpc) is 3.61. The molecule has 3 atom stereocenters. The number of rotatable bonds is 7. The summed E-state index contributed by atoms with van der Waals surface area (Å²) in [6.07, 6.45) is 0.593. The number of fused-ring (bicyclic) bond motifs is 2. The highest BCUT2D eigenvalue weighted by Gasteiger charge is 2.44. The number of nitrogens with two attached hydrogens (primary N) is 1. The van der Waals surface area contributed by atoms with E-state index in [0.717, 1.165) is 16.0 Å². The summed E-state index contributed by atoms with van der Waals surface area (Å²) in [7, 11) is 0. The molecule has 0 spiro atoms. The highest BCUT2D eigenvalue weighted by atomic mass is 19.1. The molecule has 3 aliphatic rings. The number of imide groups is 2. The molecule has 5 heterocycles. The third-order valence-corrected chi connectivity index (χ3v) is 9.44. The monoisotopic (exact) mass is 674 g/mol. The van der Waals surface area contributed by atoms with Crippen molar-refractivity contribution < 1.29 is 28.3 Å². The number of carbonyl (C=O) groups excluding carboxylic acids is 4. The number of carbonyl (C=O) groups is 4. The fourth-order valence-electron chi connectivity index (χ4n) is 6.98. The van der Waals surface area contributed by atoms with Crippen LogP contribution in [-0.4, -0.2) is 78.5 Å². The quantitative estimate of drug-likeness (QED) is 0.241. The van der Waals surface area contributed by atoms with E-state index in [1.165, 1.54) is 6.33 Å². The van der Waals surface area contributed by atoms with Crippen LogP contribution < -0.4 is 15.8 Å². The highest BCUT2D eigenvalue weighted by Crippen LogP contribution is 2.36. The van der Waals surface area contributed by atoms with E-state index in [4.69, 9.17) is 15.6 Å². The van der Waals surface area contributed by atoms with E-state index < -0.39 is 41.9 Å². The summed E-state index contributed by atoms with van der Waals surface area (Å²) in [6, 6.07) is 20.1. The number of alkyl halides is 1. The Morgan fingerprint density at radius 3 is 2.42 bits per heavy atom. The van der Waals surface area contributed by atoms with Crippen LogP contribution >= 0.6 is 0 Å². The van der Waals surface area contributed by atoms with Crippen LogP contribution in [0.1, 0.15) is 51.6 Å². The zero-order valence-corrected chi connectivity index (χ0v) is 26.7. The number of nitrogens with zero attached hydrogens (tertiary/aromatic N) is 6. The first-order valence-electron chi connectivity index (χ1n) is 16.3. The van der Waals surface area contributed by atoms with Gasteiger partial charge in [-0.1, -0.05) is 24.3 Å². The molecule has 0 aliphatic carbocycles. The standard InChI is InChI=1S/C36H31FN8O5/c37-26-18-43(17-20-6-11-24-25(16-20)36(49)44(35(24)48)28-12-13-29(46)41-34(28)47)15-14-27(26)45-33-30(32(38)39-19-40-33)31(42-45)21-7-9-23(10-8-21)50-22-4-2-1-3-5-22/h1-11,16,19,26-28H,12-15,17-18H2,(H2,38,39,40)(H,41,46,47)/t26-,27-,28?/m0/s1. The lowest BCUT2D eigenvalue weighted by Crippen LogP contribution is -2.54. The molecule has 8 rings (SSSR count). The number of anilines is 1. The van der Waals surface area contributed by atoms with Crippen LogP contribution in [-0.2, 0) is 16.1 Å². The van der Waals surface area contributed by atoms with Gasteiger partial charge in [0.1, 0.15) is 41.6 Å². The minimum Gasteiger partial charge on any atom is -0.457 e. The molecule has 5 aromatic rings. The SMILES string of the molecule is Nc1ncnc2c1c(-c1ccc(Oc3ccccc3)cc1)nn2[C@H]1CCN(Cc2ccc3c(c2)C(=O)N(C2CCC(=O)NC2=O)C3=O)C[C@@H]1F. The molecule has 2 fully saturated rings. The molecule has 4 amide bonds. The van der Waals surface area contributed by atoms with Crippen molar-refractivity contribution in [2.75, 3.05) is 18.8 Å². The smallest absolute Gasteiger partial charge is 0.262 e. The minimum atomic E-state index is -1.31. The van der Waals surface area contributed by atoms with Gasteiger partial charge in [-0.3, -0.25) is 34.3 Å². The summed E-state index contributed by atoms with van der Waals surface area (Å²) in [4.78, 5) is 61.9. The first-order valence-corrected chi connectivity index (χ1v) is 16.3. The van der Waals surface area contributed by atoms with Gasteiger partial charge in [0.25, 0.3) is 11.8 Å². The number of piperidine rings is 2. The van der Waals surface area contributed by atoms with Crippen molar-refractivity contribution in [1.82, 2.24) is 34.9 Å². The number of ether oxygens (including phenoxy) is 1. The van der Waals surface area contributed by atoms with Crippen molar-refractivity contribution >= 4 is 40.5 Å². The van der Waals surface area contributed by atoms with Crippen LogP contribution in [0.5, 0.6) is 11.5 Å². The van der Waals surface area contributed by atoms with Gasteiger partial charge in [-0.05, 0) is 66.9 Å². The minimum absolute atomic E-state index is 0.0447. The van der Waals surface area contributed by atoms with Crippen LogP contribution in [0.4, 0.5) is 10.2 Å². The van der Waals surface area contributed by atoms with E-state index in [1.807, 2.05) is 59.5 Å². The number of aromatic nitrogens is 4. The number of benzene rings is 3. The number of nitrogens with one attached hydrogen (secondary N) is 1. The Morgan fingerprint density at radius 1 is 0.900 bits per heavy atom. The average molecular weight is 675 g/mol. The van der Waals surface area contributed by atoms with Gasteiger partial charge in [0, 0.05) is 31.6 Å². The number of para-hydroxylation sites is 1. The van der Waals surface area contributed by atoms with Gasteiger partial charge >= 0.3 is 0 Å². The maximum absolute atomic E-state index is 16.1. The van der Waals surface area contributed by atoms with Gasteiger partial charge in [0.15, 0.2) is 5.65 Å². The van der Waals surface area contributed by atoms with E-state index >= 15 is 4.39 Å². The Kier molecular flexibility index (Phi) is 7.79. The molecule has 252 valence electrons. The van der Waals surface area contributed by atoms with E-state index in [0.29, 0.717) is 47.7 Å². The molecule has 3 aliphatic heterocycles. The van der Waals surface area contributed by atoms with Crippen molar-refractivity contribution in [1.29, 1.82) is 0 Å². The van der Waals surface area contributed by atoms with Gasteiger partial charge in [0.05, 0.1) is 22.6 Å². The summed E-state index contributed by atoms with van der Waals surface area (Å²) in [6.45, 7) is 0.970. The third-order valence-electron chi connectivity index (χ3n) is 9.44. The molecular weight excluding hydrogens is 643 g/mol. The number of halogens is 1. The zero-order chi connectivity index (χ0) is 34.5. The van der Waals surface area contributed by atoms with Crippen LogP contribution in [0, 0.1) is 0 Å². The van der Waals surface area contributed by atoms with Crippen molar-refractivity contribution in [3.63, 3.8) is 0 Å². The number of amides is 4. The molecule has 3 aromatic carbocycles. The molecule has 0 radical (unpaired) electrons. The lowest BCUT2D eigenvalue weighted by molar-refractivity contribution is -0.136. The molecule has 0 saturated carbocycles. The van der Waals surface area contributed by atoms with Crippen LogP contribution in [0.15, 0.2) is 79.1 Å². The molecule has 13 nitrogen and oxygen atoms in total.